The number of benzene rings is 3. The molecule has 0 aliphatic rings. The lowest BCUT2D eigenvalue weighted by atomic mass is 9.98. The van der Waals surface area contributed by atoms with E-state index in [0.717, 1.165) is 5.56 Å². The Hall–Kier alpha value is -2.83. The van der Waals surface area contributed by atoms with Crippen molar-refractivity contribution in [2.45, 2.75) is 12.8 Å². The molecule has 3 aromatic carbocycles. The average Bonchev–Trinajstić information content (AvgIpc) is 2.71. The summed E-state index contributed by atoms with van der Waals surface area (Å²) in [6, 6.07) is 12.0. The number of phenolic OH excluding ortho intramolecular Hbond substituents is 1. The molecule has 0 fully saturated rings. The number of aromatic hydroxyl groups is 1. The molecule has 8 heteroatoms. The maximum absolute atomic E-state index is 14.5. The minimum Gasteiger partial charge on any atom is -0.508 e. The van der Waals surface area contributed by atoms with Gasteiger partial charge < -0.3 is 14.9 Å². The SMILES string of the molecule is O=C(O)COc1cc(Cl)c(Cc2ccc(O)c(Cc3ccc(F)cc3)c2)c(Cl)c1F. The Morgan fingerprint density at radius 3 is 2.30 bits per heavy atom. The normalized spacial score (nSPS) is 10.8. The summed E-state index contributed by atoms with van der Waals surface area (Å²) in [4.78, 5) is 10.6. The van der Waals surface area contributed by atoms with Gasteiger partial charge in [0.1, 0.15) is 11.6 Å². The molecule has 0 spiro atoms. The van der Waals surface area contributed by atoms with Crippen LogP contribution in [0.3, 0.4) is 0 Å². The summed E-state index contributed by atoms with van der Waals surface area (Å²) in [6.07, 6.45) is 0.544. The first-order valence-corrected chi connectivity index (χ1v) is 9.56. The third kappa shape index (κ3) is 5.20. The lowest BCUT2D eigenvalue weighted by molar-refractivity contribution is -0.139. The fourth-order valence-corrected chi connectivity index (χ4v) is 3.50. The van der Waals surface area contributed by atoms with Gasteiger partial charge in [-0.25, -0.2) is 13.6 Å². The molecular formula is C22H16Cl2F2O4. The summed E-state index contributed by atoms with van der Waals surface area (Å²) in [6.45, 7) is -0.729. The maximum Gasteiger partial charge on any atom is 0.341 e. The first-order valence-electron chi connectivity index (χ1n) is 8.80. The van der Waals surface area contributed by atoms with E-state index in [1.165, 1.54) is 24.3 Å². The molecule has 3 aromatic rings. The van der Waals surface area contributed by atoms with Gasteiger partial charge in [0.15, 0.2) is 18.2 Å². The number of hydrogen-bond acceptors (Lipinski definition) is 3. The highest BCUT2D eigenvalue weighted by Crippen LogP contribution is 2.36. The third-order valence-corrected chi connectivity index (χ3v) is 5.14. The Kier molecular flexibility index (Phi) is 6.80. The van der Waals surface area contributed by atoms with Crippen LogP contribution < -0.4 is 4.74 Å². The van der Waals surface area contributed by atoms with E-state index in [1.54, 1.807) is 24.3 Å². The van der Waals surface area contributed by atoms with Gasteiger partial charge in [-0.1, -0.05) is 47.5 Å². The molecular weight excluding hydrogens is 437 g/mol. The van der Waals surface area contributed by atoms with Crippen LogP contribution in [0, 0.1) is 11.6 Å². The first kappa shape index (κ1) is 21.9. The van der Waals surface area contributed by atoms with Crippen molar-refractivity contribution >= 4 is 29.2 Å². The standard InChI is InChI=1S/C22H16Cl2F2O4/c23-17-10-19(30-11-20(28)29)22(26)21(24)16(17)9-13-3-6-18(27)14(8-13)7-12-1-4-15(25)5-2-12/h1-6,8,10,27H,7,9,11H2,(H,28,29). The minimum absolute atomic E-state index is 0.0730. The van der Waals surface area contributed by atoms with Gasteiger partial charge in [0.05, 0.1) is 5.02 Å². The molecule has 0 radical (unpaired) electrons. The van der Waals surface area contributed by atoms with Crippen LogP contribution >= 0.6 is 23.2 Å². The minimum atomic E-state index is -1.26. The molecule has 156 valence electrons. The van der Waals surface area contributed by atoms with Crippen LogP contribution in [-0.4, -0.2) is 22.8 Å². The number of carboxylic acid groups (broad SMARTS) is 1. The number of hydrogen-bond donors (Lipinski definition) is 2. The Labute approximate surface area is 181 Å². The summed E-state index contributed by atoms with van der Waals surface area (Å²) in [5.74, 6) is -2.78. The predicted octanol–water partition coefficient (Wildman–Crippen LogP) is 5.62. The van der Waals surface area contributed by atoms with Crippen molar-refractivity contribution in [1.29, 1.82) is 0 Å². The lowest BCUT2D eigenvalue weighted by Crippen LogP contribution is -2.11. The Morgan fingerprint density at radius 1 is 0.967 bits per heavy atom. The van der Waals surface area contributed by atoms with Crippen LogP contribution in [-0.2, 0) is 17.6 Å². The van der Waals surface area contributed by atoms with Gasteiger partial charge in [-0.2, -0.15) is 0 Å². The van der Waals surface area contributed by atoms with Crippen molar-refractivity contribution in [3.8, 4) is 11.5 Å². The molecule has 0 saturated carbocycles. The van der Waals surface area contributed by atoms with E-state index < -0.39 is 18.4 Å². The number of carboxylic acids is 1. The van der Waals surface area contributed by atoms with Crippen LogP contribution in [0.1, 0.15) is 22.3 Å². The second-order valence-corrected chi connectivity index (χ2v) is 7.37. The molecule has 4 nitrogen and oxygen atoms in total. The Bertz CT molecular complexity index is 1090. The summed E-state index contributed by atoms with van der Waals surface area (Å²) in [5.41, 5.74) is 2.43. The monoisotopic (exact) mass is 452 g/mol. The second kappa shape index (κ2) is 9.32. The van der Waals surface area contributed by atoms with Gasteiger partial charge in [0.25, 0.3) is 0 Å². The largest absolute Gasteiger partial charge is 0.508 e. The van der Waals surface area contributed by atoms with Crippen molar-refractivity contribution in [1.82, 2.24) is 0 Å². The van der Waals surface area contributed by atoms with Crippen molar-refractivity contribution in [3.63, 3.8) is 0 Å². The lowest BCUT2D eigenvalue weighted by Gasteiger charge is -2.13. The number of phenols is 1. The number of aliphatic carboxylic acids is 1. The van der Waals surface area contributed by atoms with Crippen molar-refractivity contribution in [2.75, 3.05) is 6.61 Å². The topological polar surface area (TPSA) is 66.8 Å². The van der Waals surface area contributed by atoms with E-state index >= 15 is 0 Å². The molecule has 0 aliphatic heterocycles. The quantitative estimate of drug-likeness (QED) is 0.456. The average molecular weight is 453 g/mol. The van der Waals surface area contributed by atoms with E-state index in [4.69, 9.17) is 33.0 Å². The highest BCUT2D eigenvalue weighted by Gasteiger charge is 2.19. The molecule has 3 rings (SSSR count). The number of carbonyl (C=O) groups is 1. The van der Waals surface area contributed by atoms with Gasteiger partial charge >= 0.3 is 5.97 Å². The third-order valence-electron chi connectivity index (χ3n) is 4.40. The molecule has 0 heterocycles. The molecule has 0 amide bonds. The van der Waals surface area contributed by atoms with E-state index in [1.807, 2.05) is 0 Å². The maximum atomic E-state index is 14.5. The molecule has 2 N–H and O–H groups in total. The highest BCUT2D eigenvalue weighted by molar-refractivity contribution is 6.36. The number of ether oxygens (including phenoxy) is 1. The zero-order valence-corrected chi connectivity index (χ0v) is 17.0. The van der Waals surface area contributed by atoms with E-state index in [0.29, 0.717) is 23.1 Å². The van der Waals surface area contributed by atoms with Crippen molar-refractivity contribution in [3.05, 3.63) is 92.5 Å². The van der Waals surface area contributed by atoms with E-state index in [-0.39, 0.29) is 33.8 Å². The number of rotatable bonds is 7. The predicted molar refractivity (Wildman–Crippen MR) is 110 cm³/mol. The van der Waals surface area contributed by atoms with E-state index in [2.05, 4.69) is 0 Å². The van der Waals surface area contributed by atoms with Crippen LogP contribution in [0.25, 0.3) is 0 Å². The fraction of sp³-hybridized carbons (Fsp3) is 0.136. The second-order valence-electron chi connectivity index (χ2n) is 6.59. The molecule has 0 aromatic heterocycles. The summed E-state index contributed by atoms with van der Waals surface area (Å²) in [7, 11) is 0. The zero-order chi connectivity index (χ0) is 21.8. The van der Waals surface area contributed by atoms with Gasteiger partial charge in [0.2, 0.25) is 0 Å². The van der Waals surface area contributed by atoms with Gasteiger partial charge in [-0.05, 0) is 40.5 Å². The van der Waals surface area contributed by atoms with E-state index in [9.17, 15) is 18.7 Å². The molecule has 0 saturated heterocycles. The van der Waals surface area contributed by atoms with Crippen molar-refractivity contribution in [2.24, 2.45) is 0 Å². The molecule has 0 unspecified atom stereocenters. The smallest absolute Gasteiger partial charge is 0.341 e. The van der Waals surface area contributed by atoms with Crippen LogP contribution in [0.5, 0.6) is 11.5 Å². The molecule has 0 atom stereocenters. The summed E-state index contributed by atoms with van der Waals surface area (Å²) < 4.78 is 32.4. The molecule has 0 aliphatic carbocycles. The summed E-state index contributed by atoms with van der Waals surface area (Å²) >= 11 is 12.3. The van der Waals surface area contributed by atoms with Crippen LogP contribution in [0.4, 0.5) is 8.78 Å². The van der Waals surface area contributed by atoms with Crippen LogP contribution in [0.15, 0.2) is 48.5 Å². The molecule has 30 heavy (non-hydrogen) atoms. The van der Waals surface area contributed by atoms with Gasteiger partial charge in [-0.3, -0.25) is 0 Å². The Morgan fingerprint density at radius 2 is 1.63 bits per heavy atom. The zero-order valence-electron chi connectivity index (χ0n) is 15.5. The van der Waals surface area contributed by atoms with Crippen LogP contribution in [0.2, 0.25) is 10.0 Å². The Balaban J connectivity index is 1.86. The number of halogens is 4. The van der Waals surface area contributed by atoms with Crippen molar-refractivity contribution < 1.29 is 28.5 Å². The fourth-order valence-electron chi connectivity index (χ4n) is 2.93. The highest BCUT2D eigenvalue weighted by atomic mass is 35.5. The van der Waals surface area contributed by atoms with Gasteiger partial charge in [0, 0.05) is 23.9 Å². The first-order chi connectivity index (χ1) is 14.2. The van der Waals surface area contributed by atoms with Gasteiger partial charge in [-0.15, -0.1) is 0 Å². The molecule has 0 bridgehead atoms. The summed E-state index contributed by atoms with van der Waals surface area (Å²) in [5, 5.41) is 18.7.